The molecule has 0 aromatic heterocycles. The minimum Gasteiger partial charge on any atom is -0.494 e. The van der Waals surface area contributed by atoms with E-state index in [9.17, 15) is 19.5 Å². The van der Waals surface area contributed by atoms with E-state index in [2.05, 4.69) is 10.6 Å². The summed E-state index contributed by atoms with van der Waals surface area (Å²) in [6.45, 7) is 9.74. The van der Waals surface area contributed by atoms with Crippen LogP contribution in [-0.4, -0.2) is 70.3 Å². The Balaban J connectivity index is 1.53. The number of hydrogen-bond donors (Lipinski definition) is 3. The Labute approximate surface area is 241 Å². The van der Waals surface area contributed by atoms with Crippen LogP contribution in [0.1, 0.15) is 46.6 Å². The van der Waals surface area contributed by atoms with Crippen molar-refractivity contribution in [1.29, 1.82) is 0 Å². The molecule has 3 aliphatic heterocycles. The molecule has 3 fully saturated rings. The molecule has 9 nitrogen and oxygen atoms in total. The van der Waals surface area contributed by atoms with Crippen molar-refractivity contribution in [2.24, 2.45) is 17.8 Å². The fourth-order valence-electron chi connectivity index (χ4n) is 7.29. The summed E-state index contributed by atoms with van der Waals surface area (Å²) in [6, 6.07) is 14.9. The van der Waals surface area contributed by atoms with Crippen molar-refractivity contribution in [1.82, 2.24) is 10.2 Å². The van der Waals surface area contributed by atoms with Crippen molar-refractivity contribution in [3.05, 3.63) is 60.2 Å². The van der Waals surface area contributed by atoms with E-state index in [1.165, 1.54) is 4.90 Å². The van der Waals surface area contributed by atoms with Gasteiger partial charge >= 0.3 is 0 Å². The lowest BCUT2D eigenvalue weighted by Gasteiger charge is -2.37. The first-order chi connectivity index (χ1) is 19.6. The van der Waals surface area contributed by atoms with Crippen LogP contribution in [0, 0.1) is 17.8 Å². The number of aliphatic hydroxyl groups excluding tert-OH is 1. The number of ether oxygens (including phenoxy) is 2. The number of aliphatic hydroxyl groups is 1. The summed E-state index contributed by atoms with van der Waals surface area (Å²) in [5, 5.41) is 16.5. The molecule has 0 saturated carbocycles. The molecule has 3 N–H and O–H groups in total. The molecule has 2 aromatic carbocycles. The second kappa shape index (κ2) is 11.1. The van der Waals surface area contributed by atoms with E-state index < -0.39 is 35.1 Å². The number of likely N-dealkylation sites (tertiary alicyclic amines) is 1. The Morgan fingerprint density at radius 2 is 1.80 bits per heavy atom. The lowest BCUT2D eigenvalue weighted by molar-refractivity contribution is -0.150. The molecule has 0 aliphatic carbocycles. The van der Waals surface area contributed by atoms with E-state index in [1.54, 1.807) is 24.3 Å². The maximum atomic E-state index is 14.5. The van der Waals surface area contributed by atoms with E-state index in [4.69, 9.17) is 9.47 Å². The van der Waals surface area contributed by atoms with Crippen molar-refractivity contribution in [2.75, 3.05) is 18.5 Å². The van der Waals surface area contributed by atoms with Crippen molar-refractivity contribution in [3.63, 3.8) is 0 Å². The summed E-state index contributed by atoms with van der Waals surface area (Å²) in [5.41, 5.74) is -0.603. The molecule has 3 unspecified atom stereocenters. The molecule has 7 atom stereocenters. The normalized spacial score (nSPS) is 30.8. The Kier molecular flexibility index (Phi) is 7.87. The molecule has 0 radical (unpaired) electrons. The van der Waals surface area contributed by atoms with Crippen LogP contribution in [0.4, 0.5) is 5.69 Å². The highest BCUT2D eigenvalue weighted by Crippen LogP contribution is 2.65. The summed E-state index contributed by atoms with van der Waals surface area (Å²) in [5.74, 6) is -2.05. The number of hydrogen-bond acceptors (Lipinski definition) is 6. The molecule has 3 amide bonds. The average Bonchev–Trinajstić information content (AvgIpc) is 3.45. The number of carbonyl (C=O) groups is 3. The minimum absolute atomic E-state index is 0.0846. The van der Waals surface area contributed by atoms with E-state index in [1.807, 2.05) is 65.0 Å². The van der Waals surface area contributed by atoms with Crippen molar-refractivity contribution in [2.45, 2.75) is 76.8 Å². The molecule has 5 rings (SSSR count). The van der Waals surface area contributed by atoms with Gasteiger partial charge in [-0.05, 0) is 76.3 Å². The van der Waals surface area contributed by atoms with Crippen LogP contribution in [-0.2, 0) is 25.5 Å². The van der Waals surface area contributed by atoms with E-state index in [0.717, 1.165) is 5.56 Å². The first-order valence-corrected chi connectivity index (χ1v) is 14.6. The van der Waals surface area contributed by atoms with Gasteiger partial charge in [-0.2, -0.15) is 0 Å². The summed E-state index contributed by atoms with van der Waals surface area (Å²) < 4.78 is 12.3. The fraction of sp³-hybridized carbons (Fsp3) is 0.531. The van der Waals surface area contributed by atoms with Crippen LogP contribution in [0.5, 0.6) is 5.75 Å². The van der Waals surface area contributed by atoms with Gasteiger partial charge in [0.2, 0.25) is 17.7 Å². The number of nitrogens with one attached hydrogen (secondary N) is 2. The van der Waals surface area contributed by atoms with Crippen molar-refractivity contribution < 1.29 is 29.0 Å². The zero-order valence-electron chi connectivity index (χ0n) is 24.4. The molecule has 220 valence electrons. The van der Waals surface area contributed by atoms with Gasteiger partial charge in [0.25, 0.3) is 0 Å². The van der Waals surface area contributed by atoms with Gasteiger partial charge in [-0.1, -0.05) is 37.3 Å². The molecular weight excluding hydrogens is 522 g/mol. The maximum Gasteiger partial charge on any atom is 0.246 e. The maximum absolute atomic E-state index is 14.5. The van der Waals surface area contributed by atoms with E-state index in [0.29, 0.717) is 30.9 Å². The third kappa shape index (κ3) is 4.89. The molecule has 41 heavy (non-hydrogen) atoms. The zero-order valence-corrected chi connectivity index (χ0v) is 24.4. The predicted molar refractivity (Wildman–Crippen MR) is 154 cm³/mol. The third-order valence-electron chi connectivity index (χ3n) is 9.07. The number of amides is 3. The lowest BCUT2D eigenvalue weighted by atomic mass is 9.62. The number of carbonyl (C=O) groups excluding carboxylic acids is 3. The van der Waals surface area contributed by atoms with Gasteiger partial charge in [0.15, 0.2) is 0 Å². The molecule has 3 saturated heterocycles. The molecular formula is C32H41N3O6. The highest BCUT2D eigenvalue weighted by atomic mass is 16.5. The molecule has 3 aliphatic rings. The monoisotopic (exact) mass is 563 g/mol. The van der Waals surface area contributed by atoms with Gasteiger partial charge in [-0.25, -0.2) is 0 Å². The summed E-state index contributed by atoms with van der Waals surface area (Å²) in [4.78, 5) is 43.9. The molecule has 2 aromatic rings. The Morgan fingerprint density at radius 1 is 1.12 bits per heavy atom. The Hall–Kier alpha value is -3.43. The van der Waals surface area contributed by atoms with Gasteiger partial charge in [0.05, 0.1) is 36.7 Å². The lowest BCUT2D eigenvalue weighted by Crippen LogP contribution is -2.59. The SMILES string of the molecule is CCOc1ccc(NC(=O)[C@H]2[C@H]3C(=O)N([C@@H](CO)Cc4ccccc4)C(C(=O)NC(C)C)C34CC(C)[C@]2(C)O4)cc1. The van der Waals surface area contributed by atoms with Crippen LogP contribution in [0.25, 0.3) is 0 Å². The number of rotatable bonds is 10. The van der Waals surface area contributed by atoms with Gasteiger partial charge in [-0.15, -0.1) is 0 Å². The average molecular weight is 564 g/mol. The van der Waals surface area contributed by atoms with Crippen LogP contribution < -0.4 is 15.4 Å². The third-order valence-corrected chi connectivity index (χ3v) is 9.07. The van der Waals surface area contributed by atoms with Gasteiger partial charge in [0, 0.05) is 11.7 Å². The van der Waals surface area contributed by atoms with Crippen molar-refractivity contribution >= 4 is 23.4 Å². The zero-order chi connectivity index (χ0) is 29.5. The van der Waals surface area contributed by atoms with E-state index in [-0.39, 0.29) is 36.3 Å². The van der Waals surface area contributed by atoms with Crippen LogP contribution in [0.2, 0.25) is 0 Å². The van der Waals surface area contributed by atoms with Gasteiger partial charge in [-0.3, -0.25) is 14.4 Å². The van der Waals surface area contributed by atoms with Crippen LogP contribution in [0.3, 0.4) is 0 Å². The molecule has 3 heterocycles. The largest absolute Gasteiger partial charge is 0.494 e. The summed E-state index contributed by atoms with van der Waals surface area (Å²) in [7, 11) is 0. The molecule has 9 heteroatoms. The topological polar surface area (TPSA) is 117 Å². The standard InChI is InChI=1S/C32H41N3O6/c1-6-40-24-14-12-22(13-15-24)34-28(37)25-26-30(39)35(23(18-36)16-21-10-8-7-9-11-21)27(29(38)33-19(2)3)32(26)17-20(4)31(25,5)41-32/h7-15,19-20,23,25-27,36H,6,16-18H2,1-5H3,(H,33,38)(H,34,37)/t20?,23-,25-,26+,27?,31+,32?/m1/s1. The predicted octanol–water partition coefficient (Wildman–Crippen LogP) is 3.16. The number of fused-ring (bicyclic) bond motifs is 1. The summed E-state index contributed by atoms with van der Waals surface area (Å²) >= 11 is 0. The van der Waals surface area contributed by atoms with Crippen LogP contribution in [0.15, 0.2) is 54.6 Å². The number of anilines is 1. The first-order valence-electron chi connectivity index (χ1n) is 14.6. The summed E-state index contributed by atoms with van der Waals surface area (Å²) in [6.07, 6.45) is 0.829. The minimum atomic E-state index is -1.19. The smallest absolute Gasteiger partial charge is 0.246 e. The fourth-order valence-corrected chi connectivity index (χ4v) is 7.29. The Morgan fingerprint density at radius 3 is 2.41 bits per heavy atom. The highest BCUT2D eigenvalue weighted by Gasteiger charge is 2.80. The quantitative estimate of drug-likeness (QED) is 0.409. The number of benzene rings is 2. The highest BCUT2D eigenvalue weighted by molar-refractivity contribution is 6.02. The second-order valence-corrected chi connectivity index (χ2v) is 12.1. The molecule has 1 spiro atoms. The Bertz CT molecular complexity index is 1280. The van der Waals surface area contributed by atoms with Gasteiger partial charge < -0.3 is 30.1 Å². The number of nitrogens with zero attached hydrogens (tertiary/aromatic N) is 1. The van der Waals surface area contributed by atoms with Gasteiger partial charge in [0.1, 0.15) is 17.4 Å². The van der Waals surface area contributed by atoms with Crippen LogP contribution >= 0.6 is 0 Å². The second-order valence-electron chi connectivity index (χ2n) is 12.1. The van der Waals surface area contributed by atoms with Crippen molar-refractivity contribution in [3.8, 4) is 5.75 Å². The van der Waals surface area contributed by atoms with E-state index >= 15 is 0 Å². The molecule has 2 bridgehead atoms. The first kappa shape index (κ1) is 29.1.